The standard InChI is InChI=1S/C2H3Cl.2K.H2O4S/c1-2-3;;;1-5(2,3)4/h2H,1H2;;;(H2,1,2,3,4)/q;2*+1;/p-2. The summed E-state index contributed by atoms with van der Waals surface area (Å²) in [6.45, 7) is 3.13. The van der Waals surface area contributed by atoms with E-state index in [2.05, 4.69) is 6.58 Å². The molecule has 0 fully saturated rings. The van der Waals surface area contributed by atoms with Crippen molar-refractivity contribution in [3.8, 4) is 0 Å². The second-order valence-electron chi connectivity index (χ2n) is 0.563. The zero-order chi connectivity index (χ0) is 7.21. The first-order chi connectivity index (χ1) is 3.41. The summed E-state index contributed by atoms with van der Waals surface area (Å²) in [6, 6.07) is 0. The van der Waals surface area contributed by atoms with E-state index in [9.17, 15) is 0 Å². The SMILES string of the molecule is C=CCl.O=S(=O)([O-])[O-].[K+].[K+]. The van der Waals surface area contributed by atoms with Crippen LogP contribution in [0.1, 0.15) is 0 Å². The van der Waals surface area contributed by atoms with Crippen LogP contribution in [0, 0.1) is 0 Å². The van der Waals surface area contributed by atoms with E-state index in [0.29, 0.717) is 0 Å². The topological polar surface area (TPSA) is 80.3 Å². The van der Waals surface area contributed by atoms with Gasteiger partial charge in [0.05, 0.1) is 0 Å². The number of halogens is 1. The third kappa shape index (κ3) is 115. The second kappa shape index (κ2) is 14.7. The van der Waals surface area contributed by atoms with Gasteiger partial charge in [0.2, 0.25) is 0 Å². The Bertz CT molecular complexity index is 135. The molecule has 0 radical (unpaired) electrons. The van der Waals surface area contributed by atoms with Gasteiger partial charge in [-0.25, -0.2) is 0 Å². The van der Waals surface area contributed by atoms with Crippen LogP contribution >= 0.6 is 11.6 Å². The van der Waals surface area contributed by atoms with Gasteiger partial charge < -0.3 is 9.11 Å². The molecule has 0 unspecified atom stereocenters. The maximum atomic E-state index is 8.52. The van der Waals surface area contributed by atoms with Crippen LogP contribution in [-0.2, 0) is 10.4 Å². The molecule has 0 amide bonds. The third-order valence-electron chi connectivity index (χ3n) is 0. The van der Waals surface area contributed by atoms with Crippen molar-refractivity contribution in [2.24, 2.45) is 0 Å². The molecule has 0 rings (SSSR count). The van der Waals surface area contributed by atoms with Gasteiger partial charge in [-0.05, 0) is 5.54 Å². The van der Waals surface area contributed by atoms with Crippen molar-refractivity contribution >= 4 is 22.0 Å². The molecule has 0 aliphatic carbocycles. The Morgan fingerprint density at radius 1 is 1.30 bits per heavy atom. The minimum atomic E-state index is -5.17. The Labute approximate surface area is 150 Å². The van der Waals surface area contributed by atoms with Crippen molar-refractivity contribution in [1.82, 2.24) is 0 Å². The molecule has 0 atom stereocenters. The van der Waals surface area contributed by atoms with E-state index in [4.69, 9.17) is 29.1 Å². The molecule has 0 aliphatic rings. The zero-order valence-corrected chi connectivity index (χ0v) is 13.5. The van der Waals surface area contributed by atoms with Gasteiger partial charge in [-0.2, -0.15) is 0 Å². The van der Waals surface area contributed by atoms with Crippen LogP contribution in [0.2, 0.25) is 0 Å². The number of rotatable bonds is 0. The Morgan fingerprint density at radius 2 is 1.30 bits per heavy atom. The fourth-order valence-electron chi connectivity index (χ4n) is 0. The Kier molecular flexibility index (Phi) is 34.1. The summed E-state index contributed by atoms with van der Waals surface area (Å²) in [4.78, 5) is 0. The molecular weight excluding hydrogens is 234 g/mol. The monoisotopic (exact) mass is 236 g/mol. The van der Waals surface area contributed by atoms with E-state index >= 15 is 0 Å². The summed E-state index contributed by atoms with van der Waals surface area (Å²) in [5.74, 6) is 0. The quantitative estimate of drug-likeness (QED) is 0.238. The third-order valence-corrected chi connectivity index (χ3v) is 0. The van der Waals surface area contributed by atoms with E-state index < -0.39 is 10.4 Å². The molecule has 50 valence electrons. The van der Waals surface area contributed by atoms with E-state index in [1.807, 2.05) is 0 Å². The van der Waals surface area contributed by atoms with E-state index in [0.717, 1.165) is 0 Å². The number of hydrogen-bond donors (Lipinski definition) is 0. The summed E-state index contributed by atoms with van der Waals surface area (Å²) in [5, 5.41) is 0. The molecule has 10 heavy (non-hydrogen) atoms. The largest absolute Gasteiger partial charge is 1.00 e. The summed E-state index contributed by atoms with van der Waals surface area (Å²) in [5.41, 5.74) is 1.22. The van der Waals surface area contributed by atoms with Crippen molar-refractivity contribution in [2.75, 3.05) is 0 Å². The molecule has 0 saturated carbocycles. The first-order valence-corrected chi connectivity index (χ1v) is 3.06. The first kappa shape index (κ1) is 23.2. The van der Waals surface area contributed by atoms with Gasteiger partial charge in [0.25, 0.3) is 0 Å². The van der Waals surface area contributed by atoms with Gasteiger partial charge in [0.1, 0.15) is 0 Å². The fraction of sp³-hybridized carbons (Fsp3) is 0. The number of hydrogen-bond acceptors (Lipinski definition) is 4. The average Bonchev–Trinajstić information content (AvgIpc) is 1.27. The fourth-order valence-corrected chi connectivity index (χ4v) is 0. The minimum absolute atomic E-state index is 0. The molecule has 0 aromatic carbocycles. The predicted molar refractivity (Wildman–Crippen MR) is 26.5 cm³/mol. The maximum absolute atomic E-state index is 8.52. The van der Waals surface area contributed by atoms with Gasteiger partial charge in [0.15, 0.2) is 0 Å². The molecular formula is C2H3ClK2O4S. The molecule has 0 saturated heterocycles. The Balaban J connectivity index is -0.0000000326. The van der Waals surface area contributed by atoms with E-state index in [1.165, 1.54) is 5.54 Å². The average molecular weight is 237 g/mol. The minimum Gasteiger partial charge on any atom is -0.759 e. The van der Waals surface area contributed by atoms with Gasteiger partial charge in [-0.15, -0.1) is 0 Å². The van der Waals surface area contributed by atoms with Crippen LogP contribution < -0.4 is 103 Å². The first-order valence-electron chi connectivity index (χ1n) is 1.29. The zero-order valence-electron chi connectivity index (χ0n) is 5.70. The van der Waals surface area contributed by atoms with E-state index in [-0.39, 0.29) is 103 Å². The normalized spacial score (nSPS) is 7.10. The van der Waals surface area contributed by atoms with Gasteiger partial charge in [-0.1, -0.05) is 18.2 Å². The molecule has 0 aromatic heterocycles. The van der Waals surface area contributed by atoms with E-state index in [1.54, 1.807) is 0 Å². The van der Waals surface area contributed by atoms with Crippen molar-refractivity contribution in [1.29, 1.82) is 0 Å². The predicted octanol–water partition coefficient (Wildman–Crippen LogP) is -5.96. The Hall–Kier alpha value is 3.17. The molecule has 0 aliphatic heterocycles. The van der Waals surface area contributed by atoms with Crippen molar-refractivity contribution in [3.05, 3.63) is 12.1 Å². The van der Waals surface area contributed by atoms with Crippen LogP contribution in [-0.4, -0.2) is 17.5 Å². The molecule has 4 nitrogen and oxygen atoms in total. The molecule has 0 spiro atoms. The van der Waals surface area contributed by atoms with Crippen molar-refractivity contribution in [3.63, 3.8) is 0 Å². The second-order valence-corrected chi connectivity index (χ2v) is 1.69. The van der Waals surface area contributed by atoms with Gasteiger partial charge in [0, 0.05) is 10.4 Å². The molecule has 0 N–H and O–H groups in total. The van der Waals surface area contributed by atoms with Crippen LogP contribution in [0.25, 0.3) is 0 Å². The van der Waals surface area contributed by atoms with Crippen LogP contribution in [0.4, 0.5) is 0 Å². The molecule has 0 heterocycles. The Morgan fingerprint density at radius 3 is 1.30 bits per heavy atom. The van der Waals surface area contributed by atoms with Gasteiger partial charge >= 0.3 is 103 Å². The van der Waals surface area contributed by atoms with Crippen molar-refractivity contribution in [2.45, 2.75) is 0 Å². The van der Waals surface area contributed by atoms with Crippen LogP contribution in [0.3, 0.4) is 0 Å². The molecule has 0 aromatic rings. The summed E-state index contributed by atoms with van der Waals surface area (Å²) < 4.78 is 34.1. The smallest absolute Gasteiger partial charge is 0.759 e. The summed E-state index contributed by atoms with van der Waals surface area (Å²) >= 11 is 4.76. The van der Waals surface area contributed by atoms with Crippen LogP contribution in [0.15, 0.2) is 12.1 Å². The van der Waals surface area contributed by atoms with Crippen LogP contribution in [0.5, 0.6) is 0 Å². The maximum Gasteiger partial charge on any atom is 1.00 e. The van der Waals surface area contributed by atoms with Crippen molar-refractivity contribution < 1.29 is 120 Å². The summed E-state index contributed by atoms with van der Waals surface area (Å²) in [7, 11) is -5.17. The molecule has 0 bridgehead atoms. The summed E-state index contributed by atoms with van der Waals surface area (Å²) in [6.07, 6.45) is 0. The van der Waals surface area contributed by atoms with Gasteiger partial charge in [-0.3, -0.25) is 8.42 Å². The molecule has 8 heteroatoms.